The summed E-state index contributed by atoms with van der Waals surface area (Å²) < 4.78 is 21.7. The summed E-state index contributed by atoms with van der Waals surface area (Å²) in [6.07, 6.45) is 4.30. The Bertz CT molecular complexity index is 1500. The van der Waals surface area contributed by atoms with Gasteiger partial charge < -0.3 is 4.42 Å². The van der Waals surface area contributed by atoms with Gasteiger partial charge in [-0.05, 0) is 36.4 Å². The number of nitrogens with zero attached hydrogens (tertiary/aromatic N) is 2. The highest BCUT2D eigenvalue weighted by molar-refractivity contribution is 7.93. The van der Waals surface area contributed by atoms with E-state index >= 15 is 0 Å². The summed E-state index contributed by atoms with van der Waals surface area (Å²) in [4.78, 5) is 30.9. The molecule has 8 heteroatoms. The molecule has 0 spiro atoms. The van der Waals surface area contributed by atoms with Crippen molar-refractivity contribution in [3.63, 3.8) is 0 Å². The topological polar surface area (TPSA) is 105 Å². The normalized spacial score (nSPS) is 12.6. The molecule has 7 nitrogen and oxygen atoms in total. The van der Waals surface area contributed by atoms with Crippen LogP contribution in [0.4, 0.5) is 0 Å². The van der Waals surface area contributed by atoms with Crippen molar-refractivity contribution in [3.8, 4) is 11.8 Å². The summed E-state index contributed by atoms with van der Waals surface area (Å²) in [6, 6.07) is 15.2. The van der Waals surface area contributed by atoms with Gasteiger partial charge in [0.1, 0.15) is 0 Å². The Morgan fingerprint density at radius 1 is 1.07 bits per heavy atom. The van der Waals surface area contributed by atoms with E-state index in [1.54, 1.807) is 54.6 Å². The Hall–Kier alpha value is -3.96. The van der Waals surface area contributed by atoms with E-state index in [2.05, 4.69) is 26.2 Å². The van der Waals surface area contributed by atoms with Crippen molar-refractivity contribution in [1.82, 2.24) is 9.97 Å². The minimum Gasteiger partial charge on any atom is -0.408 e. The summed E-state index contributed by atoms with van der Waals surface area (Å²) in [5, 5.41) is 0. The van der Waals surface area contributed by atoms with Gasteiger partial charge in [-0.2, -0.15) is 4.36 Å². The molecule has 0 fully saturated rings. The van der Waals surface area contributed by atoms with Crippen LogP contribution in [0.15, 0.2) is 85.5 Å². The van der Waals surface area contributed by atoms with Crippen molar-refractivity contribution in [1.29, 1.82) is 0 Å². The number of amides is 1. The van der Waals surface area contributed by atoms with Gasteiger partial charge in [-0.25, -0.2) is 9.00 Å². The van der Waals surface area contributed by atoms with Gasteiger partial charge in [0.05, 0.1) is 20.8 Å². The third-order valence-corrected chi connectivity index (χ3v) is 5.85. The van der Waals surface area contributed by atoms with Crippen LogP contribution in [0.25, 0.3) is 11.1 Å². The molecule has 0 radical (unpaired) electrons. The maximum atomic E-state index is 12.8. The van der Waals surface area contributed by atoms with Crippen LogP contribution in [0.1, 0.15) is 21.5 Å². The van der Waals surface area contributed by atoms with E-state index in [4.69, 9.17) is 4.42 Å². The lowest BCUT2D eigenvalue weighted by molar-refractivity contribution is 0.100. The second-order valence-corrected chi connectivity index (χ2v) is 8.71. The zero-order valence-corrected chi connectivity index (χ0v) is 16.6. The second kappa shape index (κ2) is 7.81. The summed E-state index contributed by atoms with van der Waals surface area (Å²) in [7, 11) is -2.87. The molecule has 0 saturated carbocycles. The van der Waals surface area contributed by atoms with Gasteiger partial charge in [0, 0.05) is 34.7 Å². The molecule has 0 unspecified atom stereocenters. The number of pyridine rings is 1. The highest BCUT2D eigenvalue weighted by atomic mass is 32.2. The first-order chi connectivity index (χ1) is 14.4. The van der Waals surface area contributed by atoms with Crippen molar-refractivity contribution < 1.29 is 13.4 Å². The van der Waals surface area contributed by atoms with Crippen molar-refractivity contribution in [3.05, 3.63) is 94.2 Å². The SMILES string of the molecule is C[S@](=O)(=NC(=O)c1cncc(C#Cc2ccc3oc(=O)[nH]c3c2)c1)c1ccccc1. The van der Waals surface area contributed by atoms with E-state index in [-0.39, 0.29) is 5.56 Å². The van der Waals surface area contributed by atoms with Crippen LogP contribution in [0.2, 0.25) is 0 Å². The molecule has 0 bridgehead atoms. The van der Waals surface area contributed by atoms with Gasteiger partial charge in [-0.1, -0.05) is 30.0 Å². The molecule has 2 aromatic heterocycles. The first-order valence-corrected chi connectivity index (χ1v) is 10.7. The number of aromatic nitrogens is 2. The summed E-state index contributed by atoms with van der Waals surface area (Å²) >= 11 is 0. The maximum absolute atomic E-state index is 12.8. The Morgan fingerprint density at radius 3 is 2.63 bits per heavy atom. The van der Waals surface area contributed by atoms with Gasteiger partial charge >= 0.3 is 5.76 Å². The molecule has 148 valence electrons. The average molecular weight is 417 g/mol. The lowest BCUT2D eigenvalue weighted by Gasteiger charge is -2.03. The second-order valence-electron chi connectivity index (χ2n) is 6.45. The van der Waals surface area contributed by atoms with E-state index in [9.17, 15) is 13.8 Å². The fourth-order valence-electron chi connectivity index (χ4n) is 2.74. The van der Waals surface area contributed by atoms with Gasteiger partial charge in [-0.15, -0.1) is 0 Å². The quantitative estimate of drug-likeness (QED) is 0.504. The molecule has 1 N–H and O–H groups in total. The zero-order valence-electron chi connectivity index (χ0n) is 15.8. The van der Waals surface area contributed by atoms with Crippen molar-refractivity contribution in [2.45, 2.75) is 4.90 Å². The molecule has 2 heterocycles. The third kappa shape index (κ3) is 4.21. The Labute approximate surface area is 172 Å². The van der Waals surface area contributed by atoms with Crippen molar-refractivity contribution in [2.24, 2.45) is 4.36 Å². The highest BCUT2D eigenvalue weighted by Gasteiger charge is 2.11. The molecule has 4 aromatic rings. The summed E-state index contributed by atoms with van der Waals surface area (Å²) in [5.41, 5.74) is 2.34. The van der Waals surface area contributed by atoms with E-state index < -0.39 is 21.4 Å². The Morgan fingerprint density at radius 2 is 1.83 bits per heavy atom. The minimum atomic E-state index is -2.87. The van der Waals surface area contributed by atoms with Gasteiger partial charge in [0.25, 0.3) is 5.91 Å². The number of fused-ring (bicyclic) bond motifs is 1. The molecule has 4 rings (SSSR count). The van der Waals surface area contributed by atoms with Gasteiger partial charge in [0.15, 0.2) is 5.58 Å². The molecule has 1 amide bonds. The van der Waals surface area contributed by atoms with Gasteiger partial charge in [-0.3, -0.25) is 14.8 Å². The monoisotopic (exact) mass is 417 g/mol. The number of hydrogen-bond donors (Lipinski definition) is 1. The van der Waals surface area contributed by atoms with E-state index in [0.717, 1.165) is 0 Å². The number of aromatic amines is 1. The van der Waals surface area contributed by atoms with Crippen LogP contribution in [-0.4, -0.2) is 26.3 Å². The van der Waals surface area contributed by atoms with Crippen LogP contribution in [0.5, 0.6) is 0 Å². The van der Waals surface area contributed by atoms with Crippen LogP contribution in [0.3, 0.4) is 0 Å². The molecular weight excluding hydrogens is 402 g/mol. The predicted molar refractivity (Wildman–Crippen MR) is 113 cm³/mol. The van der Waals surface area contributed by atoms with Crippen LogP contribution < -0.4 is 5.76 Å². The third-order valence-electron chi connectivity index (χ3n) is 4.19. The molecule has 2 aromatic carbocycles. The number of oxazole rings is 1. The van der Waals surface area contributed by atoms with Crippen LogP contribution in [-0.2, 0) is 9.73 Å². The molecular formula is C22H15N3O4S. The highest BCUT2D eigenvalue weighted by Crippen LogP contribution is 2.14. The first kappa shape index (κ1) is 19.4. The molecule has 1 atom stereocenters. The Balaban J connectivity index is 1.62. The number of carbonyl (C=O) groups excluding carboxylic acids is 1. The summed E-state index contributed by atoms with van der Waals surface area (Å²) in [6.45, 7) is 0. The van der Waals surface area contributed by atoms with Crippen molar-refractivity contribution in [2.75, 3.05) is 6.26 Å². The Kier molecular flexibility index (Phi) is 5.04. The predicted octanol–water partition coefficient (Wildman–Crippen LogP) is 3.21. The zero-order chi connectivity index (χ0) is 21.1. The fraction of sp³-hybridized carbons (Fsp3) is 0.0455. The van der Waals surface area contributed by atoms with Crippen LogP contribution >= 0.6 is 0 Å². The number of carbonyl (C=O) groups is 1. The number of H-pyrrole nitrogens is 1. The molecule has 0 aliphatic carbocycles. The number of rotatable bonds is 2. The lowest BCUT2D eigenvalue weighted by atomic mass is 10.1. The maximum Gasteiger partial charge on any atom is 0.417 e. The first-order valence-electron chi connectivity index (χ1n) is 8.82. The minimum absolute atomic E-state index is 0.196. The van der Waals surface area contributed by atoms with E-state index in [0.29, 0.717) is 27.1 Å². The molecule has 0 saturated heterocycles. The smallest absolute Gasteiger partial charge is 0.408 e. The lowest BCUT2D eigenvalue weighted by Crippen LogP contribution is -2.04. The van der Waals surface area contributed by atoms with E-state index in [1.165, 1.54) is 18.6 Å². The van der Waals surface area contributed by atoms with Crippen LogP contribution in [0, 0.1) is 11.8 Å². The molecule has 0 aliphatic rings. The number of hydrogen-bond acceptors (Lipinski definition) is 5. The number of benzene rings is 2. The fourth-order valence-corrected chi connectivity index (χ4v) is 3.93. The van der Waals surface area contributed by atoms with Crippen molar-refractivity contribution >= 4 is 26.7 Å². The largest absolute Gasteiger partial charge is 0.417 e. The average Bonchev–Trinajstić information content (AvgIpc) is 3.12. The van der Waals surface area contributed by atoms with Gasteiger partial charge in [0.2, 0.25) is 0 Å². The van der Waals surface area contributed by atoms with E-state index in [1.807, 2.05) is 0 Å². The summed E-state index contributed by atoms with van der Waals surface area (Å²) in [5.74, 6) is 4.72. The standard InChI is InChI=1S/C22H15N3O4S/c1-30(28,18-5-3-2-4-6-18)25-21(26)17-11-16(13-23-14-17)8-7-15-9-10-20-19(12-15)24-22(27)29-20/h2-6,9-14H,1H3,(H,24,27)/t30-/m1/s1. The molecule has 30 heavy (non-hydrogen) atoms. The number of nitrogens with one attached hydrogen (secondary N) is 1. The molecule has 0 aliphatic heterocycles.